The van der Waals surface area contributed by atoms with Gasteiger partial charge in [0.1, 0.15) is 0 Å². The van der Waals surface area contributed by atoms with E-state index in [0.717, 1.165) is 51.6 Å². The molecule has 0 bridgehead atoms. The van der Waals surface area contributed by atoms with Crippen LogP contribution in [0.1, 0.15) is 19.8 Å². The van der Waals surface area contributed by atoms with Gasteiger partial charge in [-0.2, -0.15) is 11.8 Å². The highest BCUT2D eigenvalue weighted by molar-refractivity contribution is 14.0. The molecule has 0 aromatic rings. The van der Waals surface area contributed by atoms with E-state index in [4.69, 9.17) is 4.74 Å². The van der Waals surface area contributed by atoms with Crippen molar-refractivity contribution in [2.75, 3.05) is 39.1 Å². The normalized spacial score (nSPS) is 18.3. The fourth-order valence-corrected chi connectivity index (χ4v) is 2.67. The highest BCUT2D eigenvalue weighted by Crippen LogP contribution is 2.33. The molecule has 1 rings (SSSR count). The van der Waals surface area contributed by atoms with Crippen molar-refractivity contribution in [2.24, 2.45) is 4.99 Å². The van der Waals surface area contributed by atoms with E-state index in [1.54, 1.807) is 0 Å². The largest absolute Gasteiger partial charge is 0.381 e. The molecule has 112 valence electrons. The first-order chi connectivity index (χ1) is 8.76. The molecule has 0 spiro atoms. The summed E-state index contributed by atoms with van der Waals surface area (Å²) in [4.78, 5) is 4.69. The Kier molecular flexibility index (Phi) is 10.8. The monoisotopic (exact) mass is 399 g/mol. The first kappa shape index (κ1) is 19.1. The minimum absolute atomic E-state index is 0. The molecule has 0 radical (unpaired) electrons. The second kappa shape index (κ2) is 10.8. The van der Waals surface area contributed by atoms with Gasteiger partial charge in [0.05, 0.1) is 6.54 Å². The predicted octanol–water partition coefficient (Wildman–Crippen LogP) is 2.26. The third-order valence-corrected chi connectivity index (χ3v) is 4.52. The fraction of sp³-hybridized carbons (Fsp3) is 0.769. The number of ether oxygens (including phenoxy) is 1. The van der Waals surface area contributed by atoms with Gasteiger partial charge in [-0.25, -0.2) is 0 Å². The van der Waals surface area contributed by atoms with Crippen molar-refractivity contribution in [1.82, 2.24) is 10.6 Å². The van der Waals surface area contributed by atoms with Gasteiger partial charge < -0.3 is 15.4 Å². The zero-order chi connectivity index (χ0) is 13.3. The number of aliphatic imine (C=N–C) groups is 1. The lowest BCUT2D eigenvalue weighted by Crippen LogP contribution is -2.41. The molecule has 0 aliphatic carbocycles. The number of nitrogens with zero attached hydrogens (tertiary/aromatic N) is 1. The van der Waals surface area contributed by atoms with Gasteiger partial charge in [0.25, 0.3) is 0 Å². The Morgan fingerprint density at radius 2 is 2.11 bits per heavy atom. The Morgan fingerprint density at radius 3 is 2.63 bits per heavy atom. The van der Waals surface area contributed by atoms with Crippen LogP contribution >= 0.6 is 35.7 Å². The summed E-state index contributed by atoms with van der Waals surface area (Å²) in [7, 11) is 0. The summed E-state index contributed by atoms with van der Waals surface area (Å²) >= 11 is 1.91. The molecule has 0 unspecified atom stereocenters. The number of thioether (sulfide) groups is 1. The molecular formula is C13H26IN3OS. The maximum Gasteiger partial charge on any atom is 0.191 e. The SMILES string of the molecule is C=CCNC(=NCC1(SC)CCOCC1)NCC.I. The average Bonchev–Trinajstić information content (AvgIpc) is 2.43. The summed E-state index contributed by atoms with van der Waals surface area (Å²) < 4.78 is 5.68. The second-order valence-electron chi connectivity index (χ2n) is 4.36. The molecule has 1 heterocycles. The molecule has 0 saturated carbocycles. The molecule has 0 aromatic carbocycles. The highest BCUT2D eigenvalue weighted by Gasteiger charge is 2.31. The Hall–Kier alpha value is 0.0500. The van der Waals surface area contributed by atoms with E-state index < -0.39 is 0 Å². The van der Waals surface area contributed by atoms with Crippen LogP contribution in [0, 0.1) is 0 Å². The summed E-state index contributed by atoms with van der Waals surface area (Å²) in [5.74, 6) is 0.873. The van der Waals surface area contributed by atoms with Crippen LogP contribution in [0.15, 0.2) is 17.6 Å². The topological polar surface area (TPSA) is 45.7 Å². The van der Waals surface area contributed by atoms with Crippen LogP contribution in [-0.4, -0.2) is 49.8 Å². The van der Waals surface area contributed by atoms with Crippen LogP contribution in [0.2, 0.25) is 0 Å². The smallest absolute Gasteiger partial charge is 0.191 e. The molecule has 0 amide bonds. The first-order valence-corrected chi connectivity index (χ1v) is 7.75. The van der Waals surface area contributed by atoms with Gasteiger partial charge >= 0.3 is 0 Å². The number of guanidine groups is 1. The number of hydrogen-bond acceptors (Lipinski definition) is 3. The zero-order valence-corrected chi connectivity index (χ0v) is 15.1. The van der Waals surface area contributed by atoms with Gasteiger partial charge in [-0.3, -0.25) is 4.99 Å². The van der Waals surface area contributed by atoms with E-state index in [1.165, 1.54) is 0 Å². The lowest BCUT2D eigenvalue weighted by molar-refractivity contribution is 0.0794. The van der Waals surface area contributed by atoms with Gasteiger partial charge in [0.2, 0.25) is 0 Å². The third kappa shape index (κ3) is 6.85. The molecule has 1 aliphatic rings. The van der Waals surface area contributed by atoms with Crippen LogP contribution in [-0.2, 0) is 4.74 Å². The van der Waals surface area contributed by atoms with Gasteiger partial charge in [-0.15, -0.1) is 30.6 Å². The number of halogens is 1. The van der Waals surface area contributed by atoms with Crippen LogP contribution in [0.5, 0.6) is 0 Å². The maximum absolute atomic E-state index is 5.44. The Balaban J connectivity index is 0.00000324. The van der Waals surface area contributed by atoms with E-state index in [1.807, 2.05) is 17.8 Å². The van der Waals surface area contributed by atoms with Crippen LogP contribution in [0.4, 0.5) is 0 Å². The molecular weight excluding hydrogens is 373 g/mol. The molecule has 1 saturated heterocycles. The fourth-order valence-electron chi connectivity index (χ4n) is 1.90. The predicted molar refractivity (Wildman–Crippen MR) is 95.9 cm³/mol. The first-order valence-electron chi connectivity index (χ1n) is 6.52. The van der Waals surface area contributed by atoms with E-state index in [-0.39, 0.29) is 28.7 Å². The number of nitrogens with one attached hydrogen (secondary N) is 2. The summed E-state index contributed by atoms with van der Waals surface area (Å²) in [6.45, 7) is 9.94. The maximum atomic E-state index is 5.44. The Labute approximate surface area is 138 Å². The van der Waals surface area contributed by atoms with E-state index in [9.17, 15) is 0 Å². The van der Waals surface area contributed by atoms with Crippen molar-refractivity contribution < 1.29 is 4.74 Å². The summed E-state index contributed by atoms with van der Waals surface area (Å²) in [5.41, 5.74) is 0. The zero-order valence-electron chi connectivity index (χ0n) is 11.9. The third-order valence-electron chi connectivity index (χ3n) is 3.12. The molecule has 1 fully saturated rings. The molecule has 0 atom stereocenters. The van der Waals surface area contributed by atoms with Crippen molar-refractivity contribution in [3.63, 3.8) is 0 Å². The quantitative estimate of drug-likeness (QED) is 0.311. The summed E-state index contributed by atoms with van der Waals surface area (Å²) in [6, 6.07) is 0. The van der Waals surface area contributed by atoms with Crippen molar-refractivity contribution in [2.45, 2.75) is 24.5 Å². The standard InChI is InChI=1S/C13H25N3OS.HI/c1-4-8-15-12(14-5-2)16-11-13(18-3)6-9-17-10-7-13;/h4H,1,5-11H2,2-3H3,(H2,14,15,16);1H. The summed E-state index contributed by atoms with van der Waals surface area (Å²) in [5, 5.41) is 6.48. The van der Waals surface area contributed by atoms with E-state index in [2.05, 4.69) is 35.4 Å². The Bertz CT molecular complexity index is 281. The number of rotatable bonds is 6. The lowest BCUT2D eigenvalue weighted by Gasteiger charge is -2.34. The van der Waals surface area contributed by atoms with E-state index in [0.29, 0.717) is 0 Å². The second-order valence-corrected chi connectivity index (χ2v) is 5.64. The molecule has 2 N–H and O–H groups in total. The molecule has 19 heavy (non-hydrogen) atoms. The number of hydrogen-bond donors (Lipinski definition) is 2. The molecule has 0 aromatic heterocycles. The molecule has 6 heteroatoms. The van der Waals surface area contributed by atoms with Crippen LogP contribution in [0.25, 0.3) is 0 Å². The van der Waals surface area contributed by atoms with Crippen molar-refractivity contribution in [3.8, 4) is 0 Å². The van der Waals surface area contributed by atoms with Crippen LogP contribution in [0.3, 0.4) is 0 Å². The van der Waals surface area contributed by atoms with Crippen molar-refractivity contribution >= 4 is 41.7 Å². The van der Waals surface area contributed by atoms with Crippen LogP contribution < -0.4 is 10.6 Å². The molecule has 1 aliphatic heterocycles. The summed E-state index contributed by atoms with van der Waals surface area (Å²) in [6.07, 6.45) is 6.17. The highest BCUT2D eigenvalue weighted by atomic mass is 127. The van der Waals surface area contributed by atoms with Crippen molar-refractivity contribution in [3.05, 3.63) is 12.7 Å². The lowest BCUT2D eigenvalue weighted by atomic mass is 9.99. The van der Waals surface area contributed by atoms with Gasteiger partial charge in [-0.05, 0) is 26.0 Å². The van der Waals surface area contributed by atoms with Gasteiger partial charge in [0.15, 0.2) is 5.96 Å². The Morgan fingerprint density at radius 1 is 1.42 bits per heavy atom. The average molecular weight is 399 g/mol. The minimum atomic E-state index is 0. The van der Waals surface area contributed by atoms with Gasteiger partial charge in [0, 0.05) is 31.1 Å². The van der Waals surface area contributed by atoms with Gasteiger partial charge in [-0.1, -0.05) is 6.08 Å². The minimum Gasteiger partial charge on any atom is -0.381 e. The van der Waals surface area contributed by atoms with E-state index >= 15 is 0 Å². The molecule has 4 nitrogen and oxygen atoms in total. The van der Waals surface area contributed by atoms with Crippen molar-refractivity contribution in [1.29, 1.82) is 0 Å².